The van der Waals surface area contributed by atoms with Crippen molar-refractivity contribution in [2.45, 2.75) is 0 Å². The monoisotopic (exact) mass is 164 g/mol. The molecule has 0 atom stereocenters. The molecule has 0 amide bonds. The van der Waals surface area contributed by atoms with Crippen molar-refractivity contribution < 1.29 is 32.5 Å². The van der Waals surface area contributed by atoms with Crippen molar-refractivity contribution >= 4 is 29.6 Å². The summed E-state index contributed by atoms with van der Waals surface area (Å²) in [4.78, 5) is 1.50. The van der Waals surface area contributed by atoms with Gasteiger partial charge in [-0.15, -0.1) is 0 Å². The first-order valence-corrected chi connectivity index (χ1v) is 0.952. The number of nitrogens with zero attached hydrogens (tertiary/aromatic N) is 1. The maximum Gasteiger partial charge on any atom is 0 e. The van der Waals surface area contributed by atoms with Gasteiger partial charge in [-0.1, -0.05) is 0 Å². The van der Waals surface area contributed by atoms with Crippen molar-refractivity contribution in [1.29, 1.82) is 5.26 Å². The maximum atomic E-state index is 7.21. The average molecular weight is 165 g/mol. The Hall–Kier alpha value is 1.50. The summed E-state index contributed by atoms with van der Waals surface area (Å²) in [6.45, 7) is 0. The van der Waals surface area contributed by atoms with Crippen LogP contribution in [-0.2, 0) is 32.5 Å². The largest absolute Gasteiger partial charge is 0 e. The van der Waals surface area contributed by atoms with Crippen LogP contribution in [-0.4, -0.2) is 29.6 Å². The van der Waals surface area contributed by atoms with Crippen LogP contribution in [0.1, 0.15) is 0 Å². The maximum absolute atomic E-state index is 7.21. The van der Waals surface area contributed by atoms with Gasteiger partial charge in [0, 0.05) is 16.5 Å². The van der Waals surface area contributed by atoms with E-state index < -0.39 is 0 Å². The fourth-order valence-corrected chi connectivity index (χ4v) is 0. The van der Waals surface area contributed by atoms with Crippen molar-refractivity contribution in [2.75, 3.05) is 0 Å². The van der Waals surface area contributed by atoms with Crippen LogP contribution in [0.15, 0.2) is 0 Å². The molecule has 0 fully saturated rings. The zero-order valence-corrected chi connectivity index (χ0v) is 3.71. The molecule has 0 aliphatic rings. The molecule has 0 unspecified atom stereocenters. The van der Waals surface area contributed by atoms with Crippen molar-refractivity contribution in [2.24, 2.45) is 0 Å². The Labute approximate surface area is 71.5 Å². The SMILES string of the molecule is N#[C][Fe].[NaH].[Ni]. The molecule has 0 aromatic rings. The molecule has 0 N–H and O–H groups in total. The van der Waals surface area contributed by atoms with Crippen LogP contribution in [0, 0.1) is 10.2 Å². The fourth-order valence-electron chi connectivity index (χ4n) is 0. The smallest absolute Gasteiger partial charge is 0 e. The number of rotatable bonds is 0. The molecule has 0 aliphatic carbocycles. The molecule has 5 heavy (non-hydrogen) atoms. The third-order valence-corrected chi connectivity index (χ3v) is 0. The first-order valence-electron chi connectivity index (χ1n) is 0.400. The molecule has 0 heterocycles. The summed E-state index contributed by atoms with van der Waals surface area (Å²) in [7, 11) is 0. The molecule has 0 aromatic carbocycles. The Morgan fingerprint density at radius 2 is 1.60 bits per heavy atom. The van der Waals surface area contributed by atoms with Gasteiger partial charge in [0.2, 0.25) is 0 Å². The Morgan fingerprint density at radius 1 is 1.60 bits per heavy atom. The van der Waals surface area contributed by atoms with Gasteiger partial charge in [0.25, 0.3) is 0 Å². The summed E-state index contributed by atoms with van der Waals surface area (Å²) in [5.74, 6) is 0. The molecule has 0 bridgehead atoms. The van der Waals surface area contributed by atoms with Crippen LogP contribution in [0.2, 0.25) is 0 Å². The van der Waals surface area contributed by atoms with Crippen molar-refractivity contribution in [3.05, 3.63) is 0 Å². The molecule has 1 nitrogen and oxygen atoms in total. The van der Waals surface area contributed by atoms with Gasteiger partial charge in [-0.2, -0.15) is 0 Å². The molecule has 0 rings (SSSR count). The summed E-state index contributed by atoms with van der Waals surface area (Å²) in [5, 5.41) is 7.21. The Bertz CT molecular complexity index is 33.1. The van der Waals surface area contributed by atoms with E-state index >= 15 is 0 Å². The molecule has 4 heteroatoms. The van der Waals surface area contributed by atoms with Crippen molar-refractivity contribution in [3.8, 4) is 4.97 Å². The third kappa shape index (κ3) is 29.9. The molecule has 29 valence electrons. The summed E-state index contributed by atoms with van der Waals surface area (Å²) in [5.41, 5.74) is 0. The molecular formula is CHFeNNaNi. The van der Waals surface area contributed by atoms with E-state index in [0.717, 1.165) is 0 Å². The average Bonchev–Trinajstić information content (AvgIpc) is 0.918. The third-order valence-electron chi connectivity index (χ3n) is 0. The number of hydrogen-bond acceptors (Lipinski definition) is 1. The van der Waals surface area contributed by atoms with E-state index in [1.165, 1.54) is 4.97 Å². The van der Waals surface area contributed by atoms with Crippen LogP contribution >= 0.6 is 0 Å². The molecule has 0 aromatic heterocycles. The van der Waals surface area contributed by atoms with Gasteiger partial charge in [0.05, 0.1) is 0 Å². The minimum atomic E-state index is 0. The van der Waals surface area contributed by atoms with E-state index in [1.54, 1.807) is 0 Å². The van der Waals surface area contributed by atoms with E-state index in [9.17, 15) is 0 Å². The number of hydrogen-bond donors (Lipinski definition) is 0. The van der Waals surface area contributed by atoms with Crippen LogP contribution in [0.5, 0.6) is 0 Å². The van der Waals surface area contributed by atoms with Gasteiger partial charge >= 0.3 is 55.8 Å². The minimum absolute atomic E-state index is 0. The van der Waals surface area contributed by atoms with E-state index in [0.29, 0.717) is 0 Å². The summed E-state index contributed by atoms with van der Waals surface area (Å²) >= 11 is 2.79. The molecule has 0 radical (unpaired) electrons. The van der Waals surface area contributed by atoms with Gasteiger partial charge in [-0.3, -0.25) is 0 Å². The topological polar surface area (TPSA) is 23.8 Å². The zero-order valence-electron chi connectivity index (χ0n) is 1.62. The fraction of sp³-hybridized carbons (Fsp3) is 0. The molecule has 0 saturated heterocycles. The van der Waals surface area contributed by atoms with Gasteiger partial charge in [0.15, 0.2) is 0 Å². The standard InChI is InChI=1S/CN.Fe.Na.Ni.H/c1-2;;;;. The quantitative estimate of drug-likeness (QED) is 0.437. The van der Waals surface area contributed by atoms with Gasteiger partial charge in [-0.05, 0) is 0 Å². The van der Waals surface area contributed by atoms with Crippen LogP contribution in [0.3, 0.4) is 0 Å². The second-order valence-electron chi connectivity index (χ2n) is 0.0791. The Kier molecular flexibility index (Phi) is 57.2. The Morgan fingerprint density at radius 3 is 1.60 bits per heavy atom. The molecule has 0 saturated carbocycles. The molecule has 0 spiro atoms. The minimum Gasteiger partial charge on any atom is 0 e. The van der Waals surface area contributed by atoms with E-state index in [-0.39, 0.29) is 46.0 Å². The van der Waals surface area contributed by atoms with Gasteiger partial charge in [0.1, 0.15) is 0 Å². The predicted octanol–water partition coefficient (Wildman–Crippen LogP) is -0.637. The normalized spacial score (nSPS) is 1.60. The van der Waals surface area contributed by atoms with Gasteiger partial charge in [-0.25, -0.2) is 0 Å². The Balaban J connectivity index is -0.0000000200. The van der Waals surface area contributed by atoms with Crippen LogP contribution in [0.4, 0.5) is 0 Å². The van der Waals surface area contributed by atoms with Crippen LogP contribution < -0.4 is 0 Å². The molecular weight excluding hydrogens is 164 g/mol. The van der Waals surface area contributed by atoms with Gasteiger partial charge < -0.3 is 0 Å². The summed E-state index contributed by atoms with van der Waals surface area (Å²) in [6.07, 6.45) is 0. The summed E-state index contributed by atoms with van der Waals surface area (Å²) in [6, 6.07) is 0. The predicted molar refractivity (Wildman–Crippen MR) is 12.8 cm³/mol. The summed E-state index contributed by atoms with van der Waals surface area (Å²) < 4.78 is 0. The van der Waals surface area contributed by atoms with Crippen molar-refractivity contribution in [3.63, 3.8) is 0 Å². The first-order chi connectivity index (χ1) is 1.41. The van der Waals surface area contributed by atoms with Crippen molar-refractivity contribution in [1.82, 2.24) is 0 Å². The van der Waals surface area contributed by atoms with E-state index in [1.807, 2.05) is 0 Å². The van der Waals surface area contributed by atoms with E-state index in [4.69, 9.17) is 5.26 Å². The zero-order chi connectivity index (χ0) is 2.71. The second kappa shape index (κ2) is 17.8. The number of nitriles is 1. The van der Waals surface area contributed by atoms with E-state index in [2.05, 4.69) is 16.0 Å². The second-order valence-corrected chi connectivity index (χ2v) is 0.326. The van der Waals surface area contributed by atoms with Crippen LogP contribution in [0.25, 0.3) is 0 Å². The first kappa shape index (κ1) is 16.0. The molecule has 0 aliphatic heterocycles.